The molecule has 1 rings (SSSR count). The van der Waals surface area contributed by atoms with Crippen molar-refractivity contribution in [3.05, 3.63) is 23.7 Å². The van der Waals surface area contributed by atoms with Crippen molar-refractivity contribution in [1.82, 2.24) is 5.32 Å². The van der Waals surface area contributed by atoms with Crippen molar-refractivity contribution in [2.75, 3.05) is 0 Å². The number of primary amides is 1. The largest absolute Gasteiger partial charge is 0.478 e. The molecular weight excluding hydrogens is 228 g/mol. The molecule has 0 aliphatic carbocycles. The average molecular weight is 240 g/mol. The van der Waals surface area contributed by atoms with Crippen molar-refractivity contribution < 1.29 is 23.9 Å². The highest BCUT2D eigenvalue weighted by Crippen LogP contribution is 2.10. The van der Waals surface area contributed by atoms with Gasteiger partial charge in [0.15, 0.2) is 5.76 Å². The Hall–Kier alpha value is -2.31. The van der Waals surface area contributed by atoms with Crippen LogP contribution in [0.2, 0.25) is 0 Å². The summed E-state index contributed by atoms with van der Waals surface area (Å²) >= 11 is 0. The first-order valence-corrected chi connectivity index (χ1v) is 4.68. The molecule has 0 radical (unpaired) electrons. The van der Waals surface area contributed by atoms with E-state index in [1.165, 1.54) is 13.8 Å². The van der Waals surface area contributed by atoms with Crippen LogP contribution >= 0.6 is 0 Å². The summed E-state index contributed by atoms with van der Waals surface area (Å²) in [4.78, 5) is 33.1. The number of carboxylic acids is 1. The van der Waals surface area contributed by atoms with Crippen LogP contribution in [-0.4, -0.2) is 28.4 Å². The fourth-order valence-electron chi connectivity index (χ4n) is 0.974. The molecule has 0 aromatic carbocycles. The topological polar surface area (TPSA) is 123 Å². The summed E-state index contributed by atoms with van der Waals surface area (Å²) < 4.78 is 4.77. The number of carbonyl (C=O) groups excluding carboxylic acids is 2. The van der Waals surface area contributed by atoms with E-state index < -0.39 is 23.3 Å². The van der Waals surface area contributed by atoms with Crippen molar-refractivity contribution in [3.63, 3.8) is 0 Å². The highest BCUT2D eigenvalue weighted by atomic mass is 16.4. The maximum atomic E-state index is 11.6. The van der Waals surface area contributed by atoms with E-state index in [2.05, 4.69) is 5.32 Å². The van der Waals surface area contributed by atoms with Crippen LogP contribution in [0.15, 0.2) is 16.7 Å². The van der Waals surface area contributed by atoms with Crippen LogP contribution in [-0.2, 0) is 4.79 Å². The lowest BCUT2D eigenvalue weighted by Gasteiger charge is -2.21. The van der Waals surface area contributed by atoms with E-state index in [9.17, 15) is 14.4 Å². The second-order valence-corrected chi connectivity index (χ2v) is 3.95. The van der Waals surface area contributed by atoms with Gasteiger partial charge in [0.2, 0.25) is 5.91 Å². The lowest BCUT2D eigenvalue weighted by molar-refractivity contribution is -0.122. The van der Waals surface area contributed by atoms with Gasteiger partial charge in [-0.2, -0.15) is 0 Å². The van der Waals surface area contributed by atoms with Gasteiger partial charge in [0.05, 0.1) is 5.56 Å². The van der Waals surface area contributed by atoms with Crippen molar-refractivity contribution in [3.8, 4) is 0 Å². The summed E-state index contributed by atoms with van der Waals surface area (Å²) in [7, 11) is 0. The molecule has 1 aromatic heterocycles. The highest BCUT2D eigenvalue weighted by molar-refractivity contribution is 5.98. The minimum atomic E-state index is -1.24. The van der Waals surface area contributed by atoms with Gasteiger partial charge in [-0.25, -0.2) is 4.79 Å². The number of aromatic carboxylic acids is 1. The normalized spacial score (nSPS) is 10.9. The van der Waals surface area contributed by atoms with E-state index in [0.717, 1.165) is 12.3 Å². The average Bonchev–Trinajstić information content (AvgIpc) is 2.65. The highest BCUT2D eigenvalue weighted by Gasteiger charge is 2.28. The number of nitrogens with one attached hydrogen (secondary N) is 1. The minimum Gasteiger partial charge on any atom is -0.478 e. The summed E-state index contributed by atoms with van der Waals surface area (Å²) in [6.07, 6.45) is 0.939. The number of carboxylic acid groups (broad SMARTS) is 1. The minimum absolute atomic E-state index is 0.146. The van der Waals surface area contributed by atoms with Gasteiger partial charge in [0.1, 0.15) is 11.8 Å². The summed E-state index contributed by atoms with van der Waals surface area (Å²) in [6.45, 7) is 2.85. The lowest BCUT2D eigenvalue weighted by atomic mass is 10.1. The standard InChI is InChI=1S/C10H12N2O5/c1-10(2,9(11)16)12-7(13)6-3-5(4-17-6)8(14)15/h3-4H,1-2H3,(H2,11,16)(H,12,13)(H,14,15). The molecule has 7 heteroatoms. The van der Waals surface area contributed by atoms with Gasteiger partial charge in [0, 0.05) is 6.07 Å². The Labute approximate surface area is 96.6 Å². The molecule has 0 fully saturated rings. The molecular formula is C10H12N2O5. The van der Waals surface area contributed by atoms with Gasteiger partial charge in [-0.05, 0) is 13.8 Å². The Kier molecular flexibility index (Phi) is 3.21. The summed E-state index contributed by atoms with van der Waals surface area (Å²) in [5.74, 6) is -2.82. The summed E-state index contributed by atoms with van der Waals surface area (Å²) in [5.41, 5.74) is 3.68. The number of nitrogens with two attached hydrogens (primary N) is 1. The molecule has 2 amide bonds. The maximum Gasteiger partial charge on any atom is 0.338 e. The van der Waals surface area contributed by atoms with E-state index in [1.54, 1.807) is 0 Å². The second-order valence-electron chi connectivity index (χ2n) is 3.95. The monoisotopic (exact) mass is 240 g/mol. The summed E-state index contributed by atoms with van der Waals surface area (Å²) in [5, 5.41) is 11.0. The van der Waals surface area contributed by atoms with Crippen molar-refractivity contribution in [2.24, 2.45) is 5.73 Å². The van der Waals surface area contributed by atoms with Crippen molar-refractivity contribution >= 4 is 17.8 Å². The molecule has 17 heavy (non-hydrogen) atoms. The molecule has 0 aliphatic rings. The van der Waals surface area contributed by atoms with Gasteiger partial charge < -0.3 is 20.6 Å². The van der Waals surface area contributed by atoms with Gasteiger partial charge in [-0.1, -0.05) is 0 Å². The first kappa shape index (κ1) is 12.8. The molecule has 92 valence electrons. The third-order valence-electron chi connectivity index (χ3n) is 2.11. The molecule has 4 N–H and O–H groups in total. The Morgan fingerprint density at radius 3 is 2.41 bits per heavy atom. The zero-order chi connectivity index (χ0) is 13.2. The second kappa shape index (κ2) is 4.28. The Morgan fingerprint density at radius 2 is 2.00 bits per heavy atom. The molecule has 0 spiro atoms. The van der Waals surface area contributed by atoms with Crippen LogP contribution in [0.1, 0.15) is 34.8 Å². The van der Waals surface area contributed by atoms with E-state index >= 15 is 0 Å². The zero-order valence-corrected chi connectivity index (χ0v) is 9.31. The molecule has 0 saturated heterocycles. The molecule has 0 saturated carbocycles. The Morgan fingerprint density at radius 1 is 1.41 bits per heavy atom. The molecule has 0 unspecified atom stereocenters. The molecule has 0 bridgehead atoms. The molecule has 1 aromatic rings. The number of carbonyl (C=O) groups is 3. The van der Waals surface area contributed by atoms with Crippen LogP contribution in [0.3, 0.4) is 0 Å². The first-order chi connectivity index (χ1) is 7.74. The Bertz CT molecular complexity index is 475. The van der Waals surface area contributed by atoms with E-state index in [-0.39, 0.29) is 11.3 Å². The lowest BCUT2D eigenvalue weighted by Crippen LogP contribution is -2.52. The van der Waals surface area contributed by atoms with E-state index in [1.807, 2.05) is 0 Å². The van der Waals surface area contributed by atoms with Crippen LogP contribution < -0.4 is 11.1 Å². The predicted molar refractivity (Wildman–Crippen MR) is 56.4 cm³/mol. The third kappa shape index (κ3) is 2.83. The third-order valence-corrected chi connectivity index (χ3v) is 2.11. The zero-order valence-electron chi connectivity index (χ0n) is 9.31. The molecule has 1 heterocycles. The van der Waals surface area contributed by atoms with Gasteiger partial charge in [-0.3, -0.25) is 9.59 Å². The first-order valence-electron chi connectivity index (χ1n) is 4.68. The van der Waals surface area contributed by atoms with Crippen LogP contribution in [0.5, 0.6) is 0 Å². The van der Waals surface area contributed by atoms with Crippen molar-refractivity contribution in [1.29, 1.82) is 0 Å². The van der Waals surface area contributed by atoms with Crippen LogP contribution in [0, 0.1) is 0 Å². The van der Waals surface area contributed by atoms with Crippen LogP contribution in [0.4, 0.5) is 0 Å². The number of furan rings is 1. The van der Waals surface area contributed by atoms with Crippen molar-refractivity contribution in [2.45, 2.75) is 19.4 Å². The van der Waals surface area contributed by atoms with E-state index in [4.69, 9.17) is 15.3 Å². The fraction of sp³-hybridized carbons (Fsp3) is 0.300. The Balaban J connectivity index is 2.83. The van der Waals surface area contributed by atoms with Crippen LogP contribution in [0.25, 0.3) is 0 Å². The quantitative estimate of drug-likeness (QED) is 0.682. The number of hydrogen-bond donors (Lipinski definition) is 3. The summed E-state index contributed by atoms with van der Waals surface area (Å²) in [6, 6.07) is 1.06. The van der Waals surface area contributed by atoms with Gasteiger partial charge in [-0.15, -0.1) is 0 Å². The number of hydrogen-bond acceptors (Lipinski definition) is 4. The molecule has 0 aliphatic heterocycles. The smallest absolute Gasteiger partial charge is 0.338 e. The number of amides is 2. The molecule has 7 nitrogen and oxygen atoms in total. The van der Waals surface area contributed by atoms with E-state index in [0.29, 0.717) is 0 Å². The maximum absolute atomic E-state index is 11.6. The SMILES string of the molecule is CC(C)(NC(=O)c1cc(C(=O)O)co1)C(N)=O. The number of rotatable bonds is 4. The predicted octanol–water partition coefficient (Wildman–Crippen LogP) is -0.0285. The van der Waals surface area contributed by atoms with Gasteiger partial charge >= 0.3 is 5.97 Å². The molecule has 0 atom stereocenters. The van der Waals surface area contributed by atoms with Gasteiger partial charge in [0.25, 0.3) is 5.91 Å². The fourth-order valence-corrected chi connectivity index (χ4v) is 0.974.